The summed E-state index contributed by atoms with van der Waals surface area (Å²) in [6.07, 6.45) is 0. The third kappa shape index (κ3) is 7.66. The molecule has 29 heavy (non-hydrogen) atoms. The van der Waals surface area contributed by atoms with Crippen LogP contribution in [0.25, 0.3) is 0 Å². The largest absolute Gasteiger partial charge is 0.496 e. The number of likely N-dealkylation sites (N-methyl/N-ethyl adjacent to an activating group) is 1. The van der Waals surface area contributed by atoms with Gasteiger partial charge >= 0.3 is 0 Å². The topological polar surface area (TPSA) is 65.1 Å². The molecule has 0 unspecified atom stereocenters. The molecule has 7 heteroatoms. The van der Waals surface area contributed by atoms with Gasteiger partial charge in [-0.3, -0.25) is 19.4 Å². The molecule has 2 rings (SSSR count). The molecule has 7 nitrogen and oxygen atoms in total. The number of hydrogen-bond acceptors (Lipinski definition) is 5. The molecule has 1 N–H and O–H groups in total. The minimum absolute atomic E-state index is 0.0316. The van der Waals surface area contributed by atoms with Gasteiger partial charge in [-0.25, -0.2) is 0 Å². The number of nitrogens with one attached hydrogen (secondary N) is 1. The van der Waals surface area contributed by atoms with Crippen LogP contribution in [0.1, 0.15) is 31.9 Å². The van der Waals surface area contributed by atoms with E-state index < -0.39 is 0 Å². The second-order valence-electron chi connectivity index (χ2n) is 8.94. The molecule has 2 amide bonds. The van der Waals surface area contributed by atoms with E-state index >= 15 is 0 Å². The monoisotopic (exact) mass is 404 g/mol. The number of rotatable bonds is 7. The van der Waals surface area contributed by atoms with E-state index in [0.717, 1.165) is 24.4 Å². The van der Waals surface area contributed by atoms with Crippen LogP contribution in [-0.4, -0.2) is 85.5 Å². The number of benzene rings is 1. The van der Waals surface area contributed by atoms with Gasteiger partial charge in [0.05, 0.1) is 20.2 Å². The van der Waals surface area contributed by atoms with Crippen molar-refractivity contribution in [3.8, 4) is 5.75 Å². The minimum atomic E-state index is -0.223. The Morgan fingerprint density at radius 1 is 1.17 bits per heavy atom. The first-order chi connectivity index (χ1) is 13.6. The summed E-state index contributed by atoms with van der Waals surface area (Å²) in [5, 5.41) is 2.98. The van der Waals surface area contributed by atoms with Crippen LogP contribution >= 0.6 is 0 Å². The van der Waals surface area contributed by atoms with Crippen LogP contribution in [0.15, 0.2) is 18.2 Å². The molecule has 162 valence electrons. The van der Waals surface area contributed by atoms with Gasteiger partial charge in [-0.1, -0.05) is 17.7 Å². The molecule has 0 bridgehead atoms. The Labute approximate surface area is 175 Å². The molecule has 0 spiro atoms. The fourth-order valence-corrected chi connectivity index (χ4v) is 3.52. The summed E-state index contributed by atoms with van der Waals surface area (Å²) in [5.41, 5.74) is 2.03. The molecular formula is C22H36N4O3. The van der Waals surface area contributed by atoms with Crippen molar-refractivity contribution in [1.29, 1.82) is 0 Å². The van der Waals surface area contributed by atoms with Crippen LogP contribution in [0.2, 0.25) is 0 Å². The summed E-state index contributed by atoms with van der Waals surface area (Å²) >= 11 is 0. The van der Waals surface area contributed by atoms with Gasteiger partial charge in [0.25, 0.3) is 0 Å². The number of amides is 2. The number of methoxy groups -OCH3 is 1. The zero-order valence-electron chi connectivity index (χ0n) is 18.7. The molecule has 1 fully saturated rings. The first-order valence-corrected chi connectivity index (χ1v) is 10.2. The Morgan fingerprint density at radius 3 is 2.41 bits per heavy atom. The van der Waals surface area contributed by atoms with Crippen LogP contribution in [0.5, 0.6) is 5.75 Å². The number of hydrogen-bond donors (Lipinski definition) is 1. The predicted molar refractivity (Wildman–Crippen MR) is 115 cm³/mol. The van der Waals surface area contributed by atoms with E-state index in [1.165, 1.54) is 5.56 Å². The summed E-state index contributed by atoms with van der Waals surface area (Å²) in [5.74, 6) is 0.999. The normalized spacial score (nSPS) is 15.5. The van der Waals surface area contributed by atoms with Crippen molar-refractivity contribution in [2.45, 2.75) is 39.8 Å². The highest BCUT2D eigenvalue weighted by Crippen LogP contribution is 2.21. The second-order valence-corrected chi connectivity index (χ2v) is 8.94. The summed E-state index contributed by atoms with van der Waals surface area (Å²) < 4.78 is 5.44. The van der Waals surface area contributed by atoms with Gasteiger partial charge in [0.15, 0.2) is 0 Å². The lowest BCUT2D eigenvalue weighted by atomic mass is 10.1. The molecule has 1 aliphatic rings. The lowest BCUT2D eigenvalue weighted by Gasteiger charge is -2.35. The number of carbonyl (C=O) groups is 2. The van der Waals surface area contributed by atoms with E-state index in [9.17, 15) is 9.59 Å². The van der Waals surface area contributed by atoms with Gasteiger partial charge in [-0.05, 0) is 40.8 Å². The number of nitrogens with zero attached hydrogens (tertiary/aromatic N) is 3. The lowest BCUT2D eigenvalue weighted by molar-refractivity contribution is -0.134. The van der Waals surface area contributed by atoms with Crippen molar-refractivity contribution in [3.63, 3.8) is 0 Å². The Morgan fingerprint density at radius 2 is 1.83 bits per heavy atom. The van der Waals surface area contributed by atoms with E-state index in [4.69, 9.17) is 4.74 Å². The fourth-order valence-electron chi connectivity index (χ4n) is 3.52. The zero-order valence-corrected chi connectivity index (χ0v) is 18.7. The molecule has 0 radical (unpaired) electrons. The minimum Gasteiger partial charge on any atom is -0.496 e. The summed E-state index contributed by atoms with van der Waals surface area (Å²) in [6.45, 7) is 12.1. The SMILES string of the molecule is COc1ccc(C)cc1CN(C)CC(=O)N1CCN(CC(=O)NC(C)(C)C)CC1. The van der Waals surface area contributed by atoms with Gasteiger partial charge in [0.1, 0.15) is 5.75 Å². The molecule has 1 saturated heterocycles. The Balaban J connectivity index is 1.79. The van der Waals surface area contributed by atoms with Gasteiger partial charge in [-0.2, -0.15) is 0 Å². The van der Waals surface area contributed by atoms with Crippen LogP contribution in [0, 0.1) is 6.92 Å². The summed E-state index contributed by atoms with van der Waals surface area (Å²) in [6, 6.07) is 6.09. The Bertz CT molecular complexity index is 706. The molecule has 0 aromatic heterocycles. The third-order valence-electron chi connectivity index (χ3n) is 4.89. The van der Waals surface area contributed by atoms with Gasteiger partial charge in [0, 0.05) is 43.8 Å². The maximum atomic E-state index is 12.7. The van der Waals surface area contributed by atoms with E-state index in [0.29, 0.717) is 32.7 Å². The predicted octanol–water partition coefficient (Wildman–Crippen LogP) is 1.49. The molecule has 1 heterocycles. The molecule has 0 saturated carbocycles. The van der Waals surface area contributed by atoms with Crippen LogP contribution < -0.4 is 10.1 Å². The maximum absolute atomic E-state index is 12.7. The highest BCUT2D eigenvalue weighted by Gasteiger charge is 2.24. The number of piperazine rings is 1. The van der Waals surface area contributed by atoms with E-state index in [2.05, 4.69) is 23.2 Å². The quantitative estimate of drug-likeness (QED) is 0.746. The first kappa shape index (κ1) is 23.2. The zero-order chi connectivity index (χ0) is 21.6. The maximum Gasteiger partial charge on any atom is 0.236 e. The smallest absolute Gasteiger partial charge is 0.236 e. The van der Waals surface area contributed by atoms with Crippen molar-refractivity contribution in [3.05, 3.63) is 29.3 Å². The number of aryl methyl sites for hydroxylation is 1. The summed E-state index contributed by atoms with van der Waals surface area (Å²) in [4.78, 5) is 30.8. The van der Waals surface area contributed by atoms with E-state index in [1.807, 2.05) is 49.8 Å². The molecule has 1 aromatic rings. The van der Waals surface area contributed by atoms with Crippen molar-refractivity contribution in [1.82, 2.24) is 20.0 Å². The van der Waals surface area contributed by atoms with E-state index in [1.54, 1.807) is 7.11 Å². The van der Waals surface area contributed by atoms with Crippen molar-refractivity contribution < 1.29 is 14.3 Å². The van der Waals surface area contributed by atoms with E-state index in [-0.39, 0.29) is 17.4 Å². The van der Waals surface area contributed by atoms with Crippen molar-refractivity contribution in [2.24, 2.45) is 0 Å². The second kappa shape index (κ2) is 10.1. The lowest BCUT2D eigenvalue weighted by Crippen LogP contribution is -2.54. The average molecular weight is 405 g/mol. The molecule has 1 aromatic carbocycles. The van der Waals surface area contributed by atoms with Crippen LogP contribution in [0.3, 0.4) is 0 Å². The molecule has 0 atom stereocenters. The Hall–Kier alpha value is -2.12. The average Bonchev–Trinajstić information content (AvgIpc) is 2.60. The standard InChI is InChI=1S/C22H36N4O3/c1-17-7-8-19(29-6)18(13-17)14-24(5)16-21(28)26-11-9-25(10-12-26)15-20(27)23-22(2,3)4/h7-8,13H,9-12,14-16H2,1-6H3,(H,23,27). The summed E-state index contributed by atoms with van der Waals surface area (Å²) in [7, 11) is 3.62. The van der Waals surface area contributed by atoms with Gasteiger partial charge in [-0.15, -0.1) is 0 Å². The van der Waals surface area contributed by atoms with Crippen LogP contribution in [-0.2, 0) is 16.1 Å². The number of ether oxygens (including phenoxy) is 1. The first-order valence-electron chi connectivity index (χ1n) is 10.2. The van der Waals surface area contributed by atoms with Gasteiger partial charge < -0.3 is 15.0 Å². The molecule has 0 aliphatic carbocycles. The highest BCUT2D eigenvalue weighted by atomic mass is 16.5. The fraction of sp³-hybridized carbons (Fsp3) is 0.636. The van der Waals surface area contributed by atoms with Crippen molar-refractivity contribution >= 4 is 11.8 Å². The van der Waals surface area contributed by atoms with Gasteiger partial charge in [0.2, 0.25) is 11.8 Å². The molecular weight excluding hydrogens is 368 g/mol. The van der Waals surface area contributed by atoms with Crippen LogP contribution in [0.4, 0.5) is 0 Å². The molecule has 1 aliphatic heterocycles. The number of carbonyl (C=O) groups excluding carboxylic acids is 2. The third-order valence-corrected chi connectivity index (χ3v) is 4.89. The highest BCUT2D eigenvalue weighted by molar-refractivity contribution is 5.79. The Kier molecular flexibility index (Phi) is 8.05. The van der Waals surface area contributed by atoms with Crippen molar-refractivity contribution in [2.75, 3.05) is 53.4 Å².